The predicted octanol–water partition coefficient (Wildman–Crippen LogP) is 3.31. The van der Waals surface area contributed by atoms with E-state index in [9.17, 15) is 14.4 Å². The van der Waals surface area contributed by atoms with E-state index in [1.807, 2.05) is 20.8 Å². The molecule has 0 aromatic heterocycles. The lowest BCUT2D eigenvalue weighted by Gasteiger charge is -2.44. The number of Topliss-reactive ketones (excluding diaryl/α,β-unsaturated/α-hetero) is 2. The van der Waals surface area contributed by atoms with E-state index in [0.29, 0.717) is 18.3 Å². The van der Waals surface area contributed by atoms with Gasteiger partial charge in [0.05, 0.1) is 12.6 Å². The summed E-state index contributed by atoms with van der Waals surface area (Å²) < 4.78 is 12.3. The molecule has 1 aliphatic heterocycles. The number of hydrogen-bond acceptors (Lipinski definition) is 6. The minimum absolute atomic E-state index is 0.0472. The summed E-state index contributed by atoms with van der Waals surface area (Å²) in [6.07, 6.45) is 1.02. The van der Waals surface area contributed by atoms with Gasteiger partial charge in [0.25, 0.3) is 0 Å². The van der Waals surface area contributed by atoms with Gasteiger partial charge < -0.3 is 14.8 Å². The maximum absolute atomic E-state index is 13.1. The Kier molecular flexibility index (Phi) is 11.9. The summed E-state index contributed by atoms with van der Waals surface area (Å²) in [6, 6.07) is 0. The first-order valence-electron chi connectivity index (χ1n) is 11.9. The fraction of sp³-hybridized carbons (Fsp3) is 0.875. The summed E-state index contributed by atoms with van der Waals surface area (Å²) in [6.45, 7) is 14.2. The van der Waals surface area contributed by atoms with Gasteiger partial charge in [0.2, 0.25) is 5.91 Å². The number of hydrogen-bond donors (Lipinski definition) is 2. The molecule has 0 aliphatic carbocycles. The lowest BCUT2D eigenvalue weighted by molar-refractivity contribution is -0.264. The van der Waals surface area contributed by atoms with Crippen molar-refractivity contribution in [3.05, 3.63) is 0 Å². The van der Waals surface area contributed by atoms with Gasteiger partial charge in [0, 0.05) is 24.2 Å². The SMILES string of the molecule is CCC(C)C(=O)NCC(=O)CC(CC)C(=O)C(NC)OC1OC(CC)[C@@H](C)[C@@H](C)[C@H]1C. The van der Waals surface area contributed by atoms with Crippen molar-refractivity contribution in [3.8, 4) is 0 Å². The van der Waals surface area contributed by atoms with Crippen LogP contribution in [0.4, 0.5) is 0 Å². The van der Waals surface area contributed by atoms with Gasteiger partial charge in [0.1, 0.15) is 0 Å². The first kappa shape index (κ1) is 27.7. The van der Waals surface area contributed by atoms with Crippen LogP contribution in [0.25, 0.3) is 0 Å². The molecule has 1 rings (SSSR count). The van der Waals surface area contributed by atoms with Crippen molar-refractivity contribution in [2.45, 2.75) is 92.8 Å². The van der Waals surface area contributed by atoms with Crippen LogP contribution in [-0.2, 0) is 23.9 Å². The molecule has 1 saturated heterocycles. The number of ketones is 2. The van der Waals surface area contributed by atoms with Crippen LogP contribution in [0.1, 0.15) is 74.1 Å². The molecule has 1 amide bonds. The largest absolute Gasteiger partial charge is 0.349 e. The maximum Gasteiger partial charge on any atom is 0.223 e. The molecule has 7 heteroatoms. The van der Waals surface area contributed by atoms with Crippen molar-refractivity contribution in [2.24, 2.45) is 29.6 Å². The smallest absolute Gasteiger partial charge is 0.223 e. The normalized spacial score (nSPS) is 29.1. The molecule has 1 aliphatic rings. The Morgan fingerprint density at radius 1 is 1.00 bits per heavy atom. The molecular weight excluding hydrogens is 396 g/mol. The van der Waals surface area contributed by atoms with E-state index in [1.165, 1.54) is 0 Å². The zero-order valence-corrected chi connectivity index (χ0v) is 20.7. The van der Waals surface area contributed by atoms with Crippen LogP contribution in [0, 0.1) is 29.6 Å². The molecule has 180 valence electrons. The highest BCUT2D eigenvalue weighted by atomic mass is 16.7. The van der Waals surface area contributed by atoms with Crippen LogP contribution in [0.15, 0.2) is 0 Å². The topological polar surface area (TPSA) is 93.7 Å². The fourth-order valence-corrected chi connectivity index (χ4v) is 4.07. The van der Waals surface area contributed by atoms with E-state index in [1.54, 1.807) is 7.05 Å². The highest BCUT2D eigenvalue weighted by Crippen LogP contribution is 2.37. The van der Waals surface area contributed by atoms with Gasteiger partial charge in [-0.15, -0.1) is 0 Å². The highest BCUT2D eigenvalue weighted by Gasteiger charge is 2.41. The minimum Gasteiger partial charge on any atom is -0.349 e. The highest BCUT2D eigenvalue weighted by molar-refractivity contribution is 5.92. The van der Waals surface area contributed by atoms with E-state index in [2.05, 4.69) is 38.3 Å². The van der Waals surface area contributed by atoms with Crippen LogP contribution in [0.5, 0.6) is 0 Å². The maximum atomic E-state index is 13.1. The Morgan fingerprint density at radius 2 is 1.65 bits per heavy atom. The molecular formula is C24H44N2O5. The van der Waals surface area contributed by atoms with Crippen LogP contribution < -0.4 is 10.6 Å². The molecule has 1 fully saturated rings. The zero-order chi connectivity index (χ0) is 23.7. The minimum atomic E-state index is -0.835. The molecule has 0 spiro atoms. The molecule has 2 N–H and O–H groups in total. The van der Waals surface area contributed by atoms with E-state index < -0.39 is 18.4 Å². The monoisotopic (exact) mass is 440 g/mol. The number of amides is 1. The van der Waals surface area contributed by atoms with Gasteiger partial charge in [0.15, 0.2) is 24.1 Å². The quantitative estimate of drug-likeness (QED) is 0.427. The van der Waals surface area contributed by atoms with Gasteiger partial charge in [-0.3, -0.25) is 19.7 Å². The van der Waals surface area contributed by atoms with Gasteiger partial charge in [-0.2, -0.15) is 0 Å². The van der Waals surface area contributed by atoms with Crippen LogP contribution in [0.2, 0.25) is 0 Å². The van der Waals surface area contributed by atoms with Gasteiger partial charge >= 0.3 is 0 Å². The van der Waals surface area contributed by atoms with E-state index in [-0.39, 0.29) is 48.4 Å². The number of rotatable bonds is 13. The van der Waals surface area contributed by atoms with Gasteiger partial charge in [-0.25, -0.2) is 0 Å². The van der Waals surface area contributed by atoms with E-state index >= 15 is 0 Å². The molecule has 1 heterocycles. The van der Waals surface area contributed by atoms with Crippen molar-refractivity contribution >= 4 is 17.5 Å². The third kappa shape index (κ3) is 7.65. The van der Waals surface area contributed by atoms with Gasteiger partial charge in [-0.05, 0) is 38.1 Å². The lowest BCUT2D eigenvalue weighted by Crippen LogP contribution is -2.51. The molecule has 0 aromatic rings. The summed E-state index contributed by atoms with van der Waals surface area (Å²) >= 11 is 0. The first-order chi connectivity index (χ1) is 14.6. The Hall–Kier alpha value is -1.31. The Labute approximate surface area is 188 Å². The average molecular weight is 441 g/mol. The van der Waals surface area contributed by atoms with E-state index in [4.69, 9.17) is 9.47 Å². The van der Waals surface area contributed by atoms with Crippen molar-refractivity contribution in [3.63, 3.8) is 0 Å². The van der Waals surface area contributed by atoms with Crippen molar-refractivity contribution in [1.82, 2.24) is 10.6 Å². The third-order valence-electron chi connectivity index (χ3n) is 7.07. The number of likely N-dealkylation sites (N-methyl/N-ethyl adjacent to an activating group) is 1. The van der Waals surface area contributed by atoms with Crippen LogP contribution in [-0.4, -0.2) is 49.7 Å². The summed E-state index contributed by atoms with van der Waals surface area (Å²) in [5.74, 6) is -0.0491. The molecule has 0 aromatic carbocycles. The van der Waals surface area contributed by atoms with Crippen molar-refractivity contribution in [1.29, 1.82) is 0 Å². The van der Waals surface area contributed by atoms with Crippen molar-refractivity contribution in [2.75, 3.05) is 13.6 Å². The zero-order valence-electron chi connectivity index (χ0n) is 20.7. The number of carbonyl (C=O) groups is 3. The van der Waals surface area contributed by atoms with E-state index in [0.717, 1.165) is 12.8 Å². The summed E-state index contributed by atoms with van der Waals surface area (Å²) in [5.41, 5.74) is 0. The molecule has 0 saturated carbocycles. The standard InChI is InChI=1S/C24H44N2O5/c1-9-14(4)22(29)26-13-19(27)12-18(10-2)21(28)23(25-8)31-24-17(7)15(5)16(6)20(11-3)30-24/h14-18,20,23-25H,9-13H2,1-8H3,(H,26,29)/t14?,15-,16+,17-,18?,20?,23?,24?/m1/s1. The summed E-state index contributed by atoms with van der Waals surface area (Å²) in [4.78, 5) is 37.4. The third-order valence-corrected chi connectivity index (χ3v) is 7.07. The second-order valence-corrected chi connectivity index (χ2v) is 9.11. The summed E-state index contributed by atoms with van der Waals surface area (Å²) in [5, 5.41) is 5.63. The molecule has 0 bridgehead atoms. The molecule has 31 heavy (non-hydrogen) atoms. The number of ether oxygens (including phenoxy) is 2. The lowest BCUT2D eigenvalue weighted by atomic mass is 9.78. The second-order valence-electron chi connectivity index (χ2n) is 9.11. The van der Waals surface area contributed by atoms with Crippen LogP contribution >= 0.6 is 0 Å². The fourth-order valence-electron chi connectivity index (χ4n) is 4.07. The summed E-state index contributed by atoms with van der Waals surface area (Å²) in [7, 11) is 1.68. The van der Waals surface area contributed by atoms with Gasteiger partial charge in [-0.1, -0.05) is 48.5 Å². The Balaban J connectivity index is 2.73. The number of carbonyl (C=O) groups excluding carboxylic acids is 3. The molecule has 8 atom stereocenters. The van der Waals surface area contributed by atoms with Crippen molar-refractivity contribution < 1.29 is 23.9 Å². The number of nitrogens with one attached hydrogen (secondary N) is 2. The average Bonchev–Trinajstić information content (AvgIpc) is 2.77. The molecule has 5 unspecified atom stereocenters. The molecule has 0 radical (unpaired) electrons. The first-order valence-corrected chi connectivity index (χ1v) is 11.9. The predicted molar refractivity (Wildman–Crippen MR) is 121 cm³/mol. The molecule has 7 nitrogen and oxygen atoms in total. The Morgan fingerprint density at radius 3 is 2.16 bits per heavy atom. The Bertz CT molecular complexity index is 595. The van der Waals surface area contributed by atoms with Crippen LogP contribution in [0.3, 0.4) is 0 Å². The second kappa shape index (κ2) is 13.3.